The predicted molar refractivity (Wildman–Crippen MR) is 86.5 cm³/mol. The minimum Gasteiger partial charge on any atom is -0.450 e. The molecular weight excluding hydrogens is 280 g/mol. The van der Waals surface area contributed by atoms with Crippen molar-refractivity contribution >= 4 is 23.3 Å². The van der Waals surface area contributed by atoms with Crippen LogP contribution in [-0.4, -0.2) is 22.7 Å². The predicted octanol–water partition coefficient (Wildman–Crippen LogP) is 3.66. The number of hydrogen-bond donors (Lipinski definition) is 2. The molecule has 116 valence electrons. The standard InChI is InChI=1S/C16H20N4O2/c1-4-12-6-7-13(9-14(12)20-16(21)22-5-2)19-15-8-11(3)17-10-18-15/h6-10H,4-5H2,1-3H3,(H,20,21)(H,17,18,19). The van der Waals surface area contributed by atoms with E-state index < -0.39 is 6.09 Å². The molecule has 2 N–H and O–H groups in total. The highest BCUT2D eigenvalue weighted by atomic mass is 16.5. The SMILES string of the molecule is CCOC(=O)Nc1cc(Nc2cc(C)ncn2)ccc1CC. The van der Waals surface area contributed by atoms with E-state index in [1.165, 1.54) is 6.33 Å². The highest BCUT2D eigenvalue weighted by Gasteiger charge is 2.08. The van der Waals surface area contributed by atoms with E-state index >= 15 is 0 Å². The summed E-state index contributed by atoms with van der Waals surface area (Å²) in [6, 6.07) is 7.64. The highest BCUT2D eigenvalue weighted by Crippen LogP contribution is 2.24. The molecule has 1 aromatic carbocycles. The number of ether oxygens (including phenoxy) is 1. The van der Waals surface area contributed by atoms with E-state index in [-0.39, 0.29) is 0 Å². The third-order valence-corrected chi connectivity index (χ3v) is 3.08. The quantitative estimate of drug-likeness (QED) is 0.881. The Hall–Kier alpha value is -2.63. The van der Waals surface area contributed by atoms with E-state index in [9.17, 15) is 4.79 Å². The van der Waals surface area contributed by atoms with Gasteiger partial charge in [-0.25, -0.2) is 14.8 Å². The van der Waals surface area contributed by atoms with Crippen molar-refractivity contribution in [2.24, 2.45) is 0 Å². The smallest absolute Gasteiger partial charge is 0.411 e. The summed E-state index contributed by atoms with van der Waals surface area (Å²) in [5, 5.41) is 5.96. The normalized spacial score (nSPS) is 10.1. The van der Waals surface area contributed by atoms with Crippen molar-refractivity contribution in [1.29, 1.82) is 0 Å². The topological polar surface area (TPSA) is 76.1 Å². The molecule has 2 aromatic rings. The van der Waals surface area contributed by atoms with Gasteiger partial charge in [-0.2, -0.15) is 0 Å². The zero-order valence-electron chi connectivity index (χ0n) is 13.0. The van der Waals surface area contributed by atoms with Crippen molar-refractivity contribution in [2.45, 2.75) is 27.2 Å². The van der Waals surface area contributed by atoms with Gasteiger partial charge >= 0.3 is 6.09 Å². The van der Waals surface area contributed by atoms with Crippen LogP contribution in [0.5, 0.6) is 0 Å². The first-order valence-corrected chi connectivity index (χ1v) is 7.24. The summed E-state index contributed by atoms with van der Waals surface area (Å²) >= 11 is 0. The molecule has 22 heavy (non-hydrogen) atoms. The van der Waals surface area contributed by atoms with Crippen molar-refractivity contribution in [3.8, 4) is 0 Å². The Bertz CT molecular complexity index is 658. The number of aryl methyl sites for hydroxylation is 2. The third kappa shape index (κ3) is 4.18. The summed E-state index contributed by atoms with van der Waals surface area (Å²) < 4.78 is 4.93. The first-order chi connectivity index (χ1) is 10.6. The molecule has 0 aliphatic rings. The number of carbonyl (C=O) groups excluding carboxylic acids is 1. The average molecular weight is 300 g/mol. The maximum atomic E-state index is 11.6. The molecule has 0 saturated heterocycles. The number of aromatic nitrogens is 2. The van der Waals surface area contributed by atoms with Crippen LogP contribution in [0.25, 0.3) is 0 Å². The van der Waals surface area contributed by atoms with Gasteiger partial charge in [0.05, 0.1) is 6.61 Å². The first-order valence-electron chi connectivity index (χ1n) is 7.24. The highest BCUT2D eigenvalue weighted by molar-refractivity contribution is 5.86. The molecular formula is C16H20N4O2. The lowest BCUT2D eigenvalue weighted by atomic mass is 10.1. The maximum absolute atomic E-state index is 11.6. The Balaban J connectivity index is 2.20. The fourth-order valence-electron chi connectivity index (χ4n) is 2.03. The third-order valence-electron chi connectivity index (χ3n) is 3.08. The molecule has 0 aliphatic carbocycles. The van der Waals surface area contributed by atoms with Crippen molar-refractivity contribution in [1.82, 2.24) is 9.97 Å². The minimum absolute atomic E-state index is 0.339. The Morgan fingerprint density at radius 1 is 1.23 bits per heavy atom. The maximum Gasteiger partial charge on any atom is 0.411 e. The number of hydrogen-bond acceptors (Lipinski definition) is 5. The van der Waals surface area contributed by atoms with E-state index in [2.05, 4.69) is 20.6 Å². The van der Waals surface area contributed by atoms with Crippen LogP contribution >= 0.6 is 0 Å². The molecule has 0 aliphatic heterocycles. The zero-order valence-corrected chi connectivity index (χ0v) is 13.0. The summed E-state index contributed by atoms with van der Waals surface area (Å²) in [6.07, 6.45) is 1.87. The van der Waals surface area contributed by atoms with Gasteiger partial charge < -0.3 is 10.1 Å². The molecule has 1 heterocycles. The van der Waals surface area contributed by atoms with Gasteiger partial charge in [0.15, 0.2) is 0 Å². The number of nitrogens with zero attached hydrogens (tertiary/aromatic N) is 2. The molecule has 1 amide bonds. The lowest BCUT2D eigenvalue weighted by Gasteiger charge is -2.13. The molecule has 0 bridgehead atoms. The summed E-state index contributed by atoms with van der Waals surface area (Å²) in [5.41, 5.74) is 3.49. The molecule has 0 atom stereocenters. The monoisotopic (exact) mass is 300 g/mol. The molecule has 0 radical (unpaired) electrons. The van der Waals surface area contributed by atoms with Crippen molar-refractivity contribution < 1.29 is 9.53 Å². The number of amides is 1. The molecule has 0 fully saturated rings. The van der Waals surface area contributed by atoms with Crippen LogP contribution in [0.15, 0.2) is 30.6 Å². The lowest BCUT2D eigenvalue weighted by molar-refractivity contribution is 0.168. The van der Waals surface area contributed by atoms with Crippen LogP contribution in [0.4, 0.5) is 22.0 Å². The van der Waals surface area contributed by atoms with Gasteiger partial charge in [0.2, 0.25) is 0 Å². The van der Waals surface area contributed by atoms with E-state index in [1.807, 2.05) is 38.1 Å². The molecule has 0 unspecified atom stereocenters. The largest absolute Gasteiger partial charge is 0.450 e. The van der Waals surface area contributed by atoms with E-state index in [1.54, 1.807) is 6.92 Å². The van der Waals surface area contributed by atoms with Gasteiger partial charge in [-0.3, -0.25) is 5.32 Å². The van der Waals surface area contributed by atoms with Gasteiger partial charge in [0.1, 0.15) is 12.1 Å². The second kappa shape index (κ2) is 7.40. The van der Waals surface area contributed by atoms with Crippen LogP contribution in [0.1, 0.15) is 25.1 Å². The van der Waals surface area contributed by atoms with Crippen molar-refractivity contribution in [3.63, 3.8) is 0 Å². The van der Waals surface area contributed by atoms with Crippen LogP contribution in [0.3, 0.4) is 0 Å². The number of nitrogens with one attached hydrogen (secondary N) is 2. The number of carbonyl (C=O) groups is 1. The summed E-state index contributed by atoms with van der Waals surface area (Å²) in [5.74, 6) is 0.707. The molecule has 0 saturated carbocycles. The summed E-state index contributed by atoms with van der Waals surface area (Å²) in [4.78, 5) is 19.8. The number of anilines is 3. The average Bonchev–Trinajstić information content (AvgIpc) is 2.48. The van der Waals surface area contributed by atoms with Crippen LogP contribution in [-0.2, 0) is 11.2 Å². The van der Waals surface area contributed by atoms with Gasteiger partial charge in [0.25, 0.3) is 0 Å². The molecule has 2 rings (SSSR count). The lowest BCUT2D eigenvalue weighted by Crippen LogP contribution is -2.14. The first kappa shape index (κ1) is 15.8. The van der Waals surface area contributed by atoms with Gasteiger partial charge in [0, 0.05) is 23.1 Å². The minimum atomic E-state index is -0.452. The molecule has 0 spiro atoms. The van der Waals surface area contributed by atoms with Gasteiger partial charge in [-0.15, -0.1) is 0 Å². The van der Waals surface area contributed by atoms with E-state index in [0.29, 0.717) is 12.4 Å². The Morgan fingerprint density at radius 2 is 2.05 bits per heavy atom. The Kier molecular flexibility index (Phi) is 5.30. The molecule has 6 heteroatoms. The fourth-order valence-corrected chi connectivity index (χ4v) is 2.03. The summed E-state index contributed by atoms with van der Waals surface area (Å²) in [7, 11) is 0. The zero-order chi connectivity index (χ0) is 15.9. The number of benzene rings is 1. The molecule has 6 nitrogen and oxygen atoms in total. The second-order valence-corrected chi connectivity index (χ2v) is 4.74. The van der Waals surface area contributed by atoms with Crippen molar-refractivity contribution in [3.05, 3.63) is 41.9 Å². The van der Waals surface area contributed by atoms with Crippen molar-refractivity contribution in [2.75, 3.05) is 17.2 Å². The Morgan fingerprint density at radius 3 is 2.73 bits per heavy atom. The van der Waals surface area contributed by atoms with E-state index in [0.717, 1.165) is 29.1 Å². The molecule has 1 aromatic heterocycles. The van der Waals surface area contributed by atoms with Gasteiger partial charge in [-0.1, -0.05) is 13.0 Å². The van der Waals surface area contributed by atoms with Crippen LogP contribution in [0.2, 0.25) is 0 Å². The van der Waals surface area contributed by atoms with Crippen LogP contribution < -0.4 is 10.6 Å². The summed E-state index contributed by atoms with van der Waals surface area (Å²) in [6.45, 7) is 6.05. The fraction of sp³-hybridized carbons (Fsp3) is 0.312. The Labute approximate surface area is 129 Å². The van der Waals surface area contributed by atoms with Gasteiger partial charge in [-0.05, 0) is 38.0 Å². The van der Waals surface area contributed by atoms with Crippen LogP contribution in [0, 0.1) is 6.92 Å². The number of rotatable bonds is 5. The van der Waals surface area contributed by atoms with E-state index in [4.69, 9.17) is 4.74 Å². The second-order valence-electron chi connectivity index (χ2n) is 4.74.